The first-order valence-corrected chi connectivity index (χ1v) is 21.0. The molecule has 13 heteroatoms. The number of carbonyl (C=O) groups excluding carboxylic acids is 3. The molecule has 1 heterocycles. The average Bonchev–Trinajstić information content (AvgIpc) is 3.58. The topological polar surface area (TPSA) is 145 Å². The van der Waals surface area contributed by atoms with Crippen molar-refractivity contribution in [1.29, 1.82) is 0 Å². The minimum atomic E-state index is -4.10. The minimum absolute atomic E-state index is 0.00848. The predicted molar refractivity (Wildman–Crippen MR) is 220 cm³/mol. The molecule has 1 saturated heterocycles. The SMILES string of the molecule is O=C(N[C@@H](Cc1ccc(OP(=O)(OCc2ccccc2)OCc2ccccc2)cc1)C(=O)NCCCN1CCCNC1=O)OCC1c2ccccc2-c2ccccc21. The largest absolute Gasteiger partial charge is 0.530 e. The van der Waals surface area contributed by atoms with E-state index in [1.165, 1.54) is 0 Å². The van der Waals surface area contributed by atoms with Gasteiger partial charge in [-0.1, -0.05) is 121 Å². The Bertz CT molecular complexity index is 2110. The van der Waals surface area contributed by atoms with E-state index in [4.69, 9.17) is 18.3 Å². The maximum atomic E-state index is 13.9. The van der Waals surface area contributed by atoms with Gasteiger partial charge in [-0.2, -0.15) is 0 Å². The highest BCUT2D eigenvalue weighted by atomic mass is 31.2. The Morgan fingerprint density at radius 3 is 1.95 bits per heavy atom. The molecule has 5 aromatic rings. The number of nitrogens with one attached hydrogen (secondary N) is 3. The Morgan fingerprint density at radius 1 is 0.759 bits per heavy atom. The van der Waals surface area contributed by atoms with E-state index < -0.39 is 25.9 Å². The summed E-state index contributed by atoms with van der Waals surface area (Å²) in [6.07, 6.45) is 0.811. The van der Waals surface area contributed by atoms with Crippen molar-refractivity contribution in [2.24, 2.45) is 0 Å². The van der Waals surface area contributed by atoms with Crippen LogP contribution >= 0.6 is 7.82 Å². The maximum absolute atomic E-state index is 13.9. The normalized spacial score (nSPS) is 14.1. The van der Waals surface area contributed by atoms with Crippen LogP contribution in [0.3, 0.4) is 0 Å². The van der Waals surface area contributed by atoms with Gasteiger partial charge in [0.1, 0.15) is 18.4 Å². The second-order valence-corrected chi connectivity index (χ2v) is 15.7. The zero-order valence-corrected chi connectivity index (χ0v) is 33.0. The summed E-state index contributed by atoms with van der Waals surface area (Å²) >= 11 is 0. The summed E-state index contributed by atoms with van der Waals surface area (Å²) in [7, 11) is -4.10. The number of carbonyl (C=O) groups is 3. The Hall–Kier alpha value is -5.94. The van der Waals surface area contributed by atoms with Crippen LogP contribution in [0.4, 0.5) is 9.59 Å². The number of fused-ring (bicyclic) bond motifs is 3. The lowest BCUT2D eigenvalue weighted by atomic mass is 9.98. The molecule has 0 bridgehead atoms. The molecule has 1 aliphatic heterocycles. The molecule has 3 N–H and O–H groups in total. The highest BCUT2D eigenvalue weighted by Gasteiger charge is 2.31. The first kappa shape index (κ1) is 40.3. The van der Waals surface area contributed by atoms with Crippen LogP contribution in [0.25, 0.3) is 11.1 Å². The third-order valence-electron chi connectivity index (χ3n) is 10.1. The third kappa shape index (κ3) is 10.7. The van der Waals surface area contributed by atoms with Crippen LogP contribution in [0.2, 0.25) is 0 Å². The van der Waals surface area contributed by atoms with Crippen molar-refractivity contribution in [1.82, 2.24) is 20.9 Å². The molecule has 1 atom stereocenters. The van der Waals surface area contributed by atoms with Gasteiger partial charge in [-0.15, -0.1) is 0 Å². The van der Waals surface area contributed by atoms with E-state index in [1.54, 1.807) is 29.2 Å². The number of hydrogen-bond donors (Lipinski definition) is 3. The molecule has 5 aromatic carbocycles. The van der Waals surface area contributed by atoms with Gasteiger partial charge < -0.3 is 30.1 Å². The number of ether oxygens (including phenoxy) is 1. The van der Waals surface area contributed by atoms with Crippen molar-refractivity contribution >= 4 is 25.9 Å². The Morgan fingerprint density at radius 2 is 1.34 bits per heavy atom. The second kappa shape index (κ2) is 19.5. The molecular formula is C45H47N4O8P. The molecule has 7 rings (SSSR count). The lowest BCUT2D eigenvalue weighted by Gasteiger charge is -2.27. The van der Waals surface area contributed by atoms with Crippen molar-refractivity contribution in [3.05, 3.63) is 161 Å². The molecule has 0 unspecified atom stereocenters. The standard InChI is InChI=1S/C45H47N4O8P/c50-43(46-25-11-27-49-28-12-26-47-44(49)51)42(48-45(52)54-32-41-39-19-9-7-17-37(39)38-18-8-10-20-40(38)41)29-33-21-23-36(24-22-33)57-58(53,55-30-34-13-3-1-4-14-34)56-31-35-15-5-2-6-16-35/h1-10,13-24,41-42H,11-12,25-32H2,(H,46,50)(H,47,51)(H,48,52)/t42-/m0/s1. The smallest absolute Gasteiger partial charge is 0.449 e. The summed E-state index contributed by atoms with van der Waals surface area (Å²) in [6.45, 7) is 2.23. The third-order valence-corrected chi connectivity index (χ3v) is 11.4. The Kier molecular flexibility index (Phi) is 13.5. The summed E-state index contributed by atoms with van der Waals surface area (Å²) < 4.78 is 37.2. The van der Waals surface area contributed by atoms with Crippen molar-refractivity contribution in [2.75, 3.05) is 32.8 Å². The Balaban J connectivity index is 1.01. The van der Waals surface area contributed by atoms with Gasteiger partial charge in [0, 0.05) is 38.5 Å². The number of alkyl carbamates (subject to hydrolysis) is 1. The molecule has 4 amide bonds. The molecule has 300 valence electrons. The highest BCUT2D eigenvalue weighted by molar-refractivity contribution is 7.48. The van der Waals surface area contributed by atoms with Crippen LogP contribution in [0.5, 0.6) is 5.75 Å². The average molecular weight is 803 g/mol. The fraction of sp³-hybridized carbons (Fsp3) is 0.267. The van der Waals surface area contributed by atoms with Crippen molar-refractivity contribution < 1.29 is 37.3 Å². The zero-order chi connectivity index (χ0) is 40.2. The van der Waals surface area contributed by atoms with Crippen LogP contribution in [-0.2, 0) is 42.8 Å². The number of nitrogens with zero attached hydrogens (tertiary/aromatic N) is 1. The zero-order valence-electron chi connectivity index (χ0n) is 32.1. The first-order valence-electron chi connectivity index (χ1n) is 19.5. The summed E-state index contributed by atoms with van der Waals surface area (Å²) in [5.74, 6) is -0.306. The van der Waals surface area contributed by atoms with Crippen molar-refractivity contribution in [2.45, 2.75) is 44.4 Å². The van der Waals surface area contributed by atoms with E-state index in [0.29, 0.717) is 38.2 Å². The molecule has 2 aliphatic rings. The number of benzene rings is 5. The van der Waals surface area contributed by atoms with Crippen LogP contribution in [0.1, 0.15) is 46.6 Å². The quantitative estimate of drug-likeness (QED) is 0.0598. The van der Waals surface area contributed by atoms with E-state index in [0.717, 1.165) is 39.8 Å². The van der Waals surface area contributed by atoms with Crippen molar-refractivity contribution in [3.63, 3.8) is 0 Å². The van der Waals surface area contributed by atoms with E-state index in [1.807, 2.05) is 97.1 Å². The molecule has 12 nitrogen and oxygen atoms in total. The van der Waals surface area contributed by atoms with Crippen LogP contribution in [-0.4, -0.2) is 61.8 Å². The second-order valence-electron chi connectivity index (χ2n) is 14.1. The van der Waals surface area contributed by atoms with Gasteiger partial charge in [0.2, 0.25) is 5.91 Å². The van der Waals surface area contributed by atoms with Gasteiger partial charge in [0.15, 0.2) is 0 Å². The van der Waals surface area contributed by atoms with E-state index in [9.17, 15) is 18.9 Å². The van der Waals surface area contributed by atoms with Crippen LogP contribution < -0.4 is 20.5 Å². The van der Waals surface area contributed by atoms with E-state index in [-0.39, 0.29) is 43.9 Å². The van der Waals surface area contributed by atoms with Gasteiger partial charge in [-0.05, 0) is 63.9 Å². The fourth-order valence-electron chi connectivity index (χ4n) is 7.09. The van der Waals surface area contributed by atoms with Gasteiger partial charge in [-0.3, -0.25) is 13.8 Å². The summed E-state index contributed by atoms with van der Waals surface area (Å²) in [4.78, 5) is 40.9. The molecule has 0 spiro atoms. The van der Waals surface area contributed by atoms with Gasteiger partial charge in [0.25, 0.3) is 0 Å². The molecule has 1 aliphatic carbocycles. The van der Waals surface area contributed by atoms with Gasteiger partial charge >= 0.3 is 19.9 Å². The predicted octanol–water partition coefficient (Wildman–Crippen LogP) is 7.98. The lowest BCUT2D eigenvalue weighted by Crippen LogP contribution is -2.49. The molecule has 1 fully saturated rings. The monoisotopic (exact) mass is 802 g/mol. The van der Waals surface area contributed by atoms with E-state index in [2.05, 4.69) is 28.1 Å². The molecule has 0 aromatic heterocycles. The van der Waals surface area contributed by atoms with Crippen LogP contribution in [0.15, 0.2) is 133 Å². The summed E-state index contributed by atoms with van der Waals surface area (Å²) in [5.41, 5.74) is 6.68. The number of urea groups is 1. The van der Waals surface area contributed by atoms with E-state index >= 15 is 0 Å². The lowest BCUT2D eigenvalue weighted by molar-refractivity contribution is -0.123. The summed E-state index contributed by atoms with van der Waals surface area (Å²) in [5, 5.41) is 8.54. The Labute approximate surface area is 338 Å². The number of amides is 4. The summed E-state index contributed by atoms with van der Waals surface area (Å²) in [6, 6.07) is 40.4. The van der Waals surface area contributed by atoms with Gasteiger partial charge in [-0.25, -0.2) is 14.2 Å². The molecular weight excluding hydrogens is 755 g/mol. The fourth-order valence-corrected chi connectivity index (χ4v) is 8.26. The first-order chi connectivity index (χ1) is 28.3. The van der Waals surface area contributed by atoms with Gasteiger partial charge in [0.05, 0.1) is 13.2 Å². The maximum Gasteiger partial charge on any atom is 0.530 e. The number of phosphoric ester groups is 1. The number of phosphoric acid groups is 1. The molecule has 0 radical (unpaired) electrons. The minimum Gasteiger partial charge on any atom is -0.449 e. The molecule has 58 heavy (non-hydrogen) atoms. The molecule has 0 saturated carbocycles. The van der Waals surface area contributed by atoms with Crippen LogP contribution in [0, 0.1) is 0 Å². The number of hydrogen-bond acceptors (Lipinski definition) is 8. The number of rotatable bonds is 18. The highest BCUT2D eigenvalue weighted by Crippen LogP contribution is 2.51. The van der Waals surface area contributed by atoms with Crippen molar-refractivity contribution in [3.8, 4) is 16.9 Å².